The Morgan fingerprint density at radius 3 is 2.53 bits per heavy atom. The highest BCUT2D eigenvalue weighted by molar-refractivity contribution is 6.02. The molecule has 0 N–H and O–H groups in total. The van der Waals surface area contributed by atoms with Gasteiger partial charge in [-0.05, 0) is 29.8 Å². The van der Waals surface area contributed by atoms with Crippen LogP contribution in [0.25, 0.3) is 0 Å². The third kappa shape index (κ3) is 5.48. The number of hydrogen-bond donors (Lipinski definition) is 0. The summed E-state index contributed by atoms with van der Waals surface area (Å²) >= 11 is 0. The molecule has 2 aliphatic heterocycles. The van der Waals surface area contributed by atoms with Gasteiger partial charge in [-0.15, -0.1) is 0 Å². The highest BCUT2D eigenvalue weighted by Crippen LogP contribution is 2.33. The van der Waals surface area contributed by atoms with Crippen LogP contribution in [0.3, 0.4) is 0 Å². The van der Waals surface area contributed by atoms with E-state index >= 15 is 0 Å². The number of amides is 2. The SMILES string of the molecule is COc1ccc([C@H]2CC(c3cccn3C)=NN2C(=O)CN(CCN2CCOCC2)C(C)=O)cc1. The topological polar surface area (TPSA) is 79.6 Å². The van der Waals surface area contributed by atoms with E-state index in [1.165, 1.54) is 6.92 Å². The van der Waals surface area contributed by atoms with E-state index in [1.807, 2.05) is 54.2 Å². The largest absolute Gasteiger partial charge is 0.497 e. The van der Waals surface area contributed by atoms with Crippen LogP contribution in [-0.4, -0.2) is 89.9 Å². The van der Waals surface area contributed by atoms with Crippen LogP contribution in [0, 0.1) is 0 Å². The summed E-state index contributed by atoms with van der Waals surface area (Å²) in [6.45, 7) is 5.81. The summed E-state index contributed by atoms with van der Waals surface area (Å²) in [5, 5.41) is 6.29. The van der Waals surface area contributed by atoms with Crippen molar-refractivity contribution >= 4 is 17.5 Å². The van der Waals surface area contributed by atoms with Gasteiger partial charge in [0.15, 0.2) is 0 Å². The predicted molar refractivity (Wildman–Crippen MR) is 129 cm³/mol. The fourth-order valence-electron chi connectivity index (χ4n) is 4.41. The van der Waals surface area contributed by atoms with Gasteiger partial charge in [0.25, 0.3) is 5.91 Å². The van der Waals surface area contributed by atoms with E-state index in [0.717, 1.165) is 42.4 Å². The van der Waals surface area contributed by atoms with Crippen molar-refractivity contribution in [3.8, 4) is 5.75 Å². The number of aromatic nitrogens is 1. The molecule has 34 heavy (non-hydrogen) atoms. The first-order chi connectivity index (χ1) is 16.5. The zero-order valence-electron chi connectivity index (χ0n) is 20.1. The Morgan fingerprint density at radius 2 is 1.91 bits per heavy atom. The van der Waals surface area contributed by atoms with Crippen molar-refractivity contribution in [2.24, 2.45) is 12.1 Å². The average Bonchev–Trinajstić information content (AvgIpc) is 3.48. The minimum Gasteiger partial charge on any atom is -0.497 e. The molecular weight excluding hydrogens is 434 g/mol. The van der Waals surface area contributed by atoms with Gasteiger partial charge in [0.05, 0.1) is 37.8 Å². The van der Waals surface area contributed by atoms with Gasteiger partial charge in [-0.25, -0.2) is 5.01 Å². The van der Waals surface area contributed by atoms with Crippen LogP contribution in [-0.2, 0) is 21.4 Å². The maximum atomic E-state index is 13.5. The Labute approximate surface area is 200 Å². The van der Waals surface area contributed by atoms with Crippen molar-refractivity contribution in [2.45, 2.75) is 19.4 Å². The molecule has 0 bridgehead atoms. The quantitative estimate of drug-likeness (QED) is 0.593. The molecule has 1 saturated heterocycles. The third-order valence-electron chi connectivity index (χ3n) is 6.47. The van der Waals surface area contributed by atoms with E-state index in [0.29, 0.717) is 26.2 Å². The van der Waals surface area contributed by atoms with Crippen LogP contribution in [0.2, 0.25) is 0 Å². The maximum Gasteiger partial charge on any atom is 0.262 e. The number of carbonyl (C=O) groups excluding carboxylic acids is 2. The molecule has 3 heterocycles. The molecule has 0 unspecified atom stereocenters. The van der Waals surface area contributed by atoms with Crippen molar-refractivity contribution in [2.75, 3.05) is 53.0 Å². The van der Waals surface area contributed by atoms with Crippen LogP contribution in [0.4, 0.5) is 0 Å². The molecule has 0 saturated carbocycles. The summed E-state index contributed by atoms with van der Waals surface area (Å²) < 4.78 is 12.7. The van der Waals surface area contributed by atoms with Crippen molar-refractivity contribution < 1.29 is 19.1 Å². The summed E-state index contributed by atoms with van der Waals surface area (Å²) in [6.07, 6.45) is 2.57. The highest BCUT2D eigenvalue weighted by Gasteiger charge is 2.34. The molecule has 2 amide bonds. The molecular formula is C25H33N5O4. The van der Waals surface area contributed by atoms with Gasteiger partial charge in [0, 0.05) is 52.8 Å². The molecule has 0 spiro atoms. The number of carbonyl (C=O) groups is 2. The zero-order valence-corrected chi connectivity index (χ0v) is 20.1. The molecule has 9 heteroatoms. The Kier molecular flexibility index (Phi) is 7.64. The summed E-state index contributed by atoms with van der Waals surface area (Å²) in [6, 6.07) is 11.4. The highest BCUT2D eigenvalue weighted by atomic mass is 16.5. The van der Waals surface area contributed by atoms with Gasteiger partial charge in [0.1, 0.15) is 12.3 Å². The van der Waals surface area contributed by atoms with E-state index < -0.39 is 0 Å². The normalized spacial score (nSPS) is 18.6. The van der Waals surface area contributed by atoms with Crippen LogP contribution in [0.5, 0.6) is 5.75 Å². The molecule has 1 fully saturated rings. The molecule has 1 aromatic carbocycles. The summed E-state index contributed by atoms with van der Waals surface area (Å²) in [5.74, 6) is 0.449. The predicted octanol–water partition coefficient (Wildman–Crippen LogP) is 1.89. The van der Waals surface area contributed by atoms with Crippen LogP contribution >= 0.6 is 0 Å². The summed E-state index contributed by atoms with van der Waals surface area (Å²) in [5.41, 5.74) is 2.80. The summed E-state index contributed by atoms with van der Waals surface area (Å²) in [7, 11) is 3.60. The second-order valence-electron chi connectivity index (χ2n) is 8.68. The zero-order chi connectivity index (χ0) is 24.1. The fraction of sp³-hybridized carbons (Fsp3) is 0.480. The number of benzene rings is 1. The number of rotatable bonds is 8. The van der Waals surface area contributed by atoms with E-state index in [1.54, 1.807) is 17.0 Å². The van der Waals surface area contributed by atoms with Gasteiger partial charge >= 0.3 is 0 Å². The molecule has 2 aliphatic rings. The lowest BCUT2D eigenvalue weighted by atomic mass is 10.0. The first-order valence-electron chi connectivity index (χ1n) is 11.7. The Balaban J connectivity index is 1.52. The number of hydrazone groups is 1. The molecule has 1 atom stereocenters. The molecule has 1 aromatic heterocycles. The van der Waals surface area contributed by atoms with Crippen molar-refractivity contribution in [1.29, 1.82) is 0 Å². The van der Waals surface area contributed by atoms with Crippen molar-refractivity contribution in [3.63, 3.8) is 0 Å². The lowest BCUT2D eigenvalue weighted by Gasteiger charge is -2.30. The van der Waals surface area contributed by atoms with E-state index in [-0.39, 0.29) is 24.4 Å². The first kappa shape index (κ1) is 24.0. The fourth-order valence-corrected chi connectivity index (χ4v) is 4.41. The lowest BCUT2D eigenvalue weighted by molar-refractivity contribution is -0.140. The molecule has 2 aromatic rings. The van der Waals surface area contributed by atoms with Crippen molar-refractivity contribution in [1.82, 2.24) is 19.4 Å². The van der Waals surface area contributed by atoms with Crippen LogP contribution in [0.15, 0.2) is 47.7 Å². The van der Waals surface area contributed by atoms with E-state index in [4.69, 9.17) is 14.6 Å². The lowest BCUT2D eigenvalue weighted by Crippen LogP contribution is -2.45. The van der Waals surface area contributed by atoms with Gasteiger partial charge in [-0.1, -0.05) is 12.1 Å². The van der Waals surface area contributed by atoms with E-state index in [9.17, 15) is 9.59 Å². The monoisotopic (exact) mass is 467 g/mol. The van der Waals surface area contributed by atoms with Gasteiger partial charge in [-0.2, -0.15) is 5.10 Å². The Hall–Kier alpha value is -3.17. The summed E-state index contributed by atoms with van der Waals surface area (Å²) in [4.78, 5) is 29.7. The molecule has 0 radical (unpaired) electrons. The maximum absolute atomic E-state index is 13.5. The van der Waals surface area contributed by atoms with Crippen molar-refractivity contribution in [3.05, 3.63) is 53.9 Å². The smallest absolute Gasteiger partial charge is 0.262 e. The minimum absolute atomic E-state index is 0.00373. The number of nitrogens with zero attached hydrogens (tertiary/aromatic N) is 5. The number of aryl methyl sites for hydroxylation is 1. The van der Waals surface area contributed by atoms with E-state index in [2.05, 4.69) is 4.90 Å². The van der Waals surface area contributed by atoms with Gasteiger partial charge in [0.2, 0.25) is 5.91 Å². The third-order valence-corrected chi connectivity index (χ3v) is 6.47. The second kappa shape index (κ2) is 10.8. The standard InChI is InChI=1S/C25H33N5O4/c1-19(31)29(12-11-28-13-15-34-16-14-28)18-25(32)30-24(20-6-8-21(33-3)9-7-20)17-22(26-30)23-5-4-10-27(23)2/h4-10,24H,11-18H2,1-3H3/t24-/m1/s1. The number of methoxy groups -OCH3 is 1. The molecule has 4 rings (SSSR count). The van der Waals surface area contributed by atoms with Crippen LogP contribution in [0.1, 0.15) is 30.6 Å². The molecule has 0 aliphatic carbocycles. The molecule has 182 valence electrons. The minimum atomic E-state index is -0.239. The number of morpholine rings is 1. The first-order valence-corrected chi connectivity index (χ1v) is 11.7. The van der Waals surface area contributed by atoms with Crippen LogP contribution < -0.4 is 4.74 Å². The Morgan fingerprint density at radius 1 is 1.18 bits per heavy atom. The van der Waals surface area contributed by atoms with Gasteiger partial charge < -0.3 is 18.9 Å². The second-order valence-corrected chi connectivity index (χ2v) is 8.68. The average molecular weight is 468 g/mol. The Bertz CT molecular complexity index is 1030. The number of hydrogen-bond acceptors (Lipinski definition) is 6. The molecule has 9 nitrogen and oxygen atoms in total. The number of ether oxygens (including phenoxy) is 2. The van der Waals surface area contributed by atoms with Gasteiger partial charge in [-0.3, -0.25) is 14.5 Å².